The molecule has 1 rings (SSSR count). The largest absolute Gasteiger partial charge is 0.480 e. The second kappa shape index (κ2) is 7.53. The summed E-state index contributed by atoms with van der Waals surface area (Å²) in [6.45, 7) is 3.16. The van der Waals surface area contributed by atoms with Gasteiger partial charge in [-0.3, -0.25) is 4.79 Å². The predicted molar refractivity (Wildman–Crippen MR) is 78.6 cm³/mol. The molecule has 1 aromatic rings. The molecule has 0 aliphatic heterocycles. The third kappa shape index (κ3) is 5.10. The van der Waals surface area contributed by atoms with Crippen LogP contribution in [-0.4, -0.2) is 37.5 Å². The van der Waals surface area contributed by atoms with Gasteiger partial charge in [0.2, 0.25) is 5.91 Å². The van der Waals surface area contributed by atoms with Crippen LogP contribution in [0.4, 0.5) is 0 Å². The van der Waals surface area contributed by atoms with Crippen LogP contribution in [0.2, 0.25) is 0 Å². The molecule has 21 heavy (non-hydrogen) atoms. The summed E-state index contributed by atoms with van der Waals surface area (Å²) in [6, 6.07) is 0.937. The number of carboxylic acid groups (broad SMARTS) is 1. The van der Waals surface area contributed by atoms with Gasteiger partial charge in [-0.1, -0.05) is 19.4 Å². The van der Waals surface area contributed by atoms with E-state index in [4.69, 9.17) is 5.11 Å². The number of carboxylic acids is 1. The summed E-state index contributed by atoms with van der Waals surface area (Å²) in [4.78, 5) is 22.8. The topological polar surface area (TPSA) is 113 Å². The van der Waals surface area contributed by atoms with Gasteiger partial charge in [0, 0.05) is 0 Å². The molecule has 1 heterocycles. The number of aliphatic carboxylic acids is 1. The summed E-state index contributed by atoms with van der Waals surface area (Å²) in [7, 11) is -3.77. The van der Waals surface area contributed by atoms with E-state index in [0.717, 1.165) is 11.3 Å². The molecule has 3 N–H and O–H groups in total. The minimum atomic E-state index is -3.77. The van der Waals surface area contributed by atoms with Gasteiger partial charge < -0.3 is 10.4 Å². The molecular weight excluding hydrogens is 316 g/mol. The highest BCUT2D eigenvalue weighted by Crippen LogP contribution is 2.15. The summed E-state index contributed by atoms with van der Waals surface area (Å²) in [5, 5.41) is 12.9. The Morgan fingerprint density at radius 3 is 2.57 bits per heavy atom. The van der Waals surface area contributed by atoms with Gasteiger partial charge in [0.25, 0.3) is 10.0 Å². The number of hydrogen-bond acceptors (Lipinski definition) is 5. The van der Waals surface area contributed by atoms with E-state index in [1.165, 1.54) is 13.0 Å². The molecule has 0 spiro atoms. The normalized spacial score (nSPS) is 14.4. The molecule has 0 saturated carbocycles. The number of carbonyl (C=O) groups excluding carboxylic acids is 1. The number of thiophene rings is 1. The quantitative estimate of drug-likeness (QED) is 0.650. The van der Waals surface area contributed by atoms with Crippen molar-refractivity contribution in [3.8, 4) is 0 Å². The number of carbonyl (C=O) groups is 2. The fourth-order valence-corrected chi connectivity index (χ4v) is 3.82. The summed E-state index contributed by atoms with van der Waals surface area (Å²) < 4.78 is 26.2. The fourth-order valence-electron chi connectivity index (χ4n) is 1.60. The maximum Gasteiger partial charge on any atom is 0.326 e. The molecular formula is C12H18N2O5S2. The van der Waals surface area contributed by atoms with E-state index in [9.17, 15) is 18.0 Å². The number of rotatable bonds is 8. The third-order valence-corrected chi connectivity index (χ3v) is 5.62. The van der Waals surface area contributed by atoms with Gasteiger partial charge in [-0.15, -0.1) is 11.3 Å². The predicted octanol–water partition coefficient (Wildman–Crippen LogP) is 0.784. The van der Waals surface area contributed by atoms with Crippen LogP contribution < -0.4 is 10.0 Å². The minimum Gasteiger partial charge on any atom is -0.480 e. The molecule has 2 unspecified atom stereocenters. The van der Waals surface area contributed by atoms with Crippen molar-refractivity contribution in [2.45, 2.75) is 43.0 Å². The number of hydrogen-bond donors (Lipinski definition) is 3. The van der Waals surface area contributed by atoms with E-state index in [1.807, 2.05) is 0 Å². The lowest BCUT2D eigenvalue weighted by molar-refractivity contribution is -0.142. The van der Waals surface area contributed by atoms with Crippen molar-refractivity contribution in [2.75, 3.05) is 0 Å². The average Bonchev–Trinajstić information content (AvgIpc) is 2.91. The van der Waals surface area contributed by atoms with E-state index >= 15 is 0 Å². The fraction of sp³-hybridized carbons (Fsp3) is 0.500. The molecule has 0 bridgehead atoms. The van der Waals surface area contributed by atoms with E-state index in [-0.39, 0.29) is 10.6 Å². The highest BCUT2D eigenvalue weighted by molar-refractivity contribution is 7.91. The van der Waals surface area contributed by atoms with Gasteiger partial charge in [0.1, 0.15) is 10.3 Å². The first-order valence-corrected chi connectivity index (χ1v) is 8.73. The average molecular weight is 334 g/mol. The van der Waals surface area contributed by atoms with E-state index in [1.54, 1.807) is 18.4 Å². The van der Waals surface area contributed by atoms with Gasteiger partial charge in [0.05, 0.1) is 6.04 Å². The van der Waals surface area contributed by atoms with Crippen LogP contribution >= 0.6 is 11.3 Å². The molecule has 0 aliphatic rings. The molecule has 2 atom stereocenters. The molecule has 9 heteroatoms. The molecule has 0 radical (unpaired) electrons. The zero-order valence-corrected chi connectivity index (χ0v) is 13.3. The molecule has 0 aliphatic carbocycles. The molecule has 7 nitrogen and oxygen atoms in total. The first-order valence-electron chi connectivity index (χ1n) is 6.37. The molecule has 118 valence electrons. The maximum atomic E-state index is 12.0. The number of sulfonamides is 1. The van der Waals surface area contributed by atoms with Crippen molar-refractivity contribution < 1.29 is 23.1 Å². The smallest absolute Gasteiger partial charge is 0.326 e. The SMILES string of the molecule is CCCC(NC(=O)C(C)NS(=O)(=O)c1cccs1)C(=O)O. The molecule has 0 aromatic carbocycles. The first-order chi connectivity index (χ1) is 9.77. The van der Waals surface area contributed by atoms with Crippen LogP contribution in [-0.2, 0) is 19.6 Å². The second-order valence-corrected chi connectivity index (χ2v) is 7.35. The van der Waals surface area contributed by atoms with Crippen LogP contribution in [0.1, 0.15) is 26.7 Å². The summed E-state index contributed by atoms with van der Waals surface area (Å²) in [6.07, 6.45) is 0.873. The Kier molecular flexibility index (Phi) is 6.31. The lowest BCUT2D eigenvalue weighted by Gasteiger charge is -2.18. The van der Waals surface area contributed by atoms with Gasteiger partial charge >= 0.3 is 5.97 Å². The molecule has 1 aromatic heterocycles. The maximum absolute atomic E-state index is 12.0. The molecule has 1 amide bonds. The Morgan fingerprint density at radius 2 is 2.10 bits per heavy atom. The third-order valence-electron chi connectivity index (χ3n) is 2.68. The van der Waals surface area contributed by atoms with Crippen LogP contribution in [0.25, 0.3) is 0 Å². The highest BCUT2D eigenvalue weighted by Gasteiger charge is 2.26. The number of nitrogens with one attached hydrogen (secondary N) is 2. The monoisotopic (exact) mass is 334 g/mol. The van der Waals surface area contributed by atoms with Crippen molar-refractivity contribution in [2.24, 2.45) is 0 Å². The van der Waals surface area contributed by atoms with Gasteiger partial charge in [-0.05, 0) is 24.8 Å². The lowest BCUT2D eigenvalue weighted by atomic mass is 10.1. The minimum absolute atomic E-state index is 0.102. The van der Waals surface area contributed by atoms with E-state index in [0.29, 0.717) is 6.42 Å². The van der Waals surface area contributed by atoms with Crippen molar-refractivity contribution in [1.29, 1.82) is 0 Å². The van der Waals surface area contributed by atoms with Crippen molar-refractivity contribution in [1.82, 2.24) is 10.0 Å². The second-order valence-electron chi connectivity index (χ2n) is 4.46. The van der Waals surface area contributed by atoms with E-state index in [2.05, 4.69) is 10.0 Å². The Labute approximate surface area is 127 Å². The zero-order chi connectivity index (χ0) is 16.0. The van der Waals surface area contributed by atoms with Gasteiger partial charge in [-0.2, -0.15) is 4.72 Å². The Morgan fingerprint density at radius 1 is 1.43 bits per heavy atom. The lowest BCUT2D eigenvalue weighted by Crippen LogP contribution is -2.50. The summed E-state index contributed by atoms with van der Waals surface area (Å²) in [5.74, 6) is -1.81. The van der Waals surface area contributed by atoms with Crippen LogP contribution in [0, 0.1) is 0 Å². The van der Waals surface area contributed by atoms with Crippen LogP contribution in [0.3, 0.4) is 0 Å². The Bertz CT molecular complexity index is 583. The molecule has 0 saturated heterocycles. The van der Waals surface area contributed by atoms with Crippen molar-refractivity contribution in [3.05, 3.63) is 17.5 Å². The van der Waals surface area contributed by atoms with Crippen molar-refractivity contribution >= 4 is 33.2 Å². The van der Waals surface area contributed by atoms with Crippen molar-refractivity contribution in [3.63, 3.8) is 0 Å². The summed E-state index contributed by atoms with van der Waals surface area (Å²) >= 11 is 1.03. The highest BCUT2D eigenvalue weighted by atomic mass is 32.2. The Balaban J connectivity index is 2.68. The van der Waals surface area contributed by atoms with Crippen LogP contribution in [0.15, 0.2) is 21.7 Å². The van der Waals surface area contributed by atoms with Gasteiger partial charge in [0.15, 0.2) is 0 Å². The van der Waals surface area contributed by atoms with Crippen LogP contribution in [0.5, 0.6) is 0 Å². The first kappa shape index (κ1) is 17.6. The standard InChI is InChI=1S/C12H18N2O5S2/c1-3-5-9(12(16)17)13-11(15)8(2)14-21(18,19)10-6-4-7-20-10/h4,6-9,14H,3,5H2,1-2H3,(H,13,15)(H,16,17). The Hall–Kier alpha value is -1.45. The zero-order valence-electron chi connectivity index (χ0n) is 11.7. The van der Waals surface area contributed by atoms with Gasteiger partial charge in [-0.25, -0.2) is 13.2 Å². The number of amides is 1. The molecule has 0 fully saturated rings. The van der Waals surface area contributed by atoms with E-state index < -0.39 is 34.0 Å². The summed E-state index contributed by atoms with van der Waals surface area (Å²) in [5.41, 5.74) is 0.